The van der Waals surface area contributed by atoms with E-state index >= 15 is 0 Å². The molecule has 2 N–H and O–H groups in total. The number of nitrogens with one attached hydrogen (secondary N) is 2. The van der Waals surface area contributed by atoms with Crippen LogP contribution in [0.15, 0.2) is 47.4 Å². The number of rotatable bonds is 6. The van der Waals surface area contributed by atoms with Crippen molar-refractivity contribution < 1.29 is 13.2 Å². The summed E-state index contributed by atoms with van der Waals surface area (Å²) in [5.74, 6) is 0.310. The van der Waals surface area contributed by atoms with Crippen molar-refractivity contribution in [2.75, 3.05) is 31.3 Å². The second kappa shape index (κ2) is 8.48. The van der Waals surface area contributed by atoms with Gasteiger partial charge in [-0.1, -0.05) is 12.1 Å². The fourth-order valence-corrected chi connectivity index (χ4v) is 3.56. The van der Waals surface area contributed by atoms with E-state index in [1.807, 2.05) is 31.2 Å². The first-order valence-electron chi connectivity index (χ1n) is 8.08. The molecular weight excluding hydrogens is 370 g/mol. The molecule has 0 atom stereocenters. The SMILES string of the molecule is CCOc1ccc(NC(=S)Nc2cccc(C)c2)cc1S(=O)(=O)N(C)C. The minimum atomic E-state index is -3.65. The molecule has 140 valence electrons. The fraction of sp³-hybridized carbons (Fsp3) is 0.278. The summed E-state index contributed by atoms with van der Waals surface area (Å²) in [6.07, 6.45) is 0. The van der Waals surface area contributed by atoms with Crippen LogP contribution in [0.3, 0.4) is 0 Å². The molecular formula is C18H23N3O3S2. The molecule has 0 saturated carbocycles. The Bertz CT molecular complexity index is 896. The van der Waals surface area contributed by atoms with Crippen molar-refractivity contribution in [1.82, 2.24) is 4.31 Å². The molecule has 0 aliphatic heterocycles. The summed E-state index contributed by atoms with van der Waals surface area (Å²) in [5.41, 5.74) is 2.52. The highest BCUT2D eigenvalue weighted by Gasteiger charge is 2.23. The van der Waals surface area contributed by atoms with E-state index in [-0.39, 0.29) is 4.90 Å². The van der Waals surface area contributed by atoms with Gasteiger partial charge in [-0.3, -0.25) is 0 Å². The third-order valence-corrected chi connectivity index (χ3v) is 5.58. The zero-order valence-corrected chi connectivity index (χ0v) is 16.9. The second-order valence-electron chi connectivity index (χ2n) is 5.83. The largest absolute Gasteiger partial charge is 0.492 e. The van der Waals surface area contributed by atoms with Gasteiger partial charge < -0.3 is 15.4 Å². The second-order valence-corrected chi connectivity index (χ2v) is 8.36. The van der Waals surface area contributed by atoms with Gasteiger partial charge in [0.1, 0.15) is 10.6 Å². The standard InChI is InChI=1S/C18H23N3O3S2/c1-5-24-16-10-9-15(12-17(16)26(22,23)21(3)4)20-18(25)19-14-8-6-7-13(2)11-14/h6-12H,5H2,1-4H3,(H2,19,20,25). The molecule has 0 bridgehead atoms. The van der Waals surface area contributed by atoms with Gasteiger partial charge >= 0.3 is 0 Å². The third kappa shape index (κ3) is 4.94. The molecule has 26 heavy (non-hydrogen) atoms. The average Bonchev–Trinajstić information content (AvgIpc) is 2.56. The van der Waals surface area contributed by atoms with Crippen LogP contribution in [-0.4, -0.2) is 38.5 Å². The number of nitrogens with zero attached hydrogens (tertiary/aromatic N) is 1. The molecule has 0 aliphatic carbocycles. The molecule has 0 unspecified atom stereocenters. The van der Waals surface area contributed by atoms with Crippen molar-refractivity contribution in [3.05, 3.63) is 48.0 Å². The van der Waals surface area contributed by atoms with Gasteiger partial charge in [-0.05, 0) is 62.0 Å². The number of hydrogen-bond donors (Lipinski definition) is 2. The zero-order valence-electron chi connectivity index (χ0n) is 15.2. The molecule has 2 aromatic rings. The molecule has 0 fully saturated rings. The number of benzene rings is 2. The van der Waals surface area contributed by atoms with Crippen molar-refractivity contribution in [2.24, 2.45) is 0 Å². The Balaban J connectivity index is 2.26. The molecule has 2 rings (SSSR count). The lowest BCUT2D eigenvalue weighted by molar-refractivity contribution is 0.330. The summed E-state index contributed by atoms with van der Waals surface area (Å²) in [6, 6.07) is 12.7. The van der Waals surface area contributed by atoms with E-state index in [2.05, 4.69) is 10.6 Å². The van der Waals surface area contributed by atoms with Crippen LogP contribution in [0.2, 0.25) is 0 Å². The Morgan fingerprint density at radius 2 is 1.77 bits per heavy atom. The van der Waals surface area contributed by atoms with Crippen molar-refractivity contribution in [3.63, 3.8) is 0 Å². The van der Waals surface area contributed by atoms with E-state index < -0.39 is 10.0 Å². The number of aryl methyl sites for hydroxylation is 1. The molecule has 0 spiro atoms. The number of anilines is 2. The van der Waals surface area contributed by atoms with Gasteiger partial charge in [-0.25, -0.2) is 12.7 Å². The van der Waals surface area contributed by atoms with E-state index in [0.29, 0.717) is 23.2 Å². The van der Waals surface area contributed by atoms with E-state index in [1.54, 1.807) is 19.1 Å². The molecule has 2 aromatic carbocycles. The third-order valence-electron chi connectivity index (χ3n) is 3.54. The van der Waals surface area contributed by atoms with E-state index in [1.165, 1.54) is 20.2 Å². The maximum absolute atomic E-state index is 12.6. The molecule has 0 radical (unpaired) electrons. The van der Waals surface area contributed by atoms with Crippen LogP contribution in [0.25, 0.3) is 0 Å². The minimum Gasteiger partial charge on any atom is -0.492 e. The summed E-state index contributed by atoms with van der Waals surface area (Å²) in [6.45, 7) is 4.17. The molecule has 0 heterocycles. The number of hydrogen-bond acceptors (Lipinski definition) is 4. The van der Waals surface area contributed by atoms with Gasteiger partial charge in [-0.15, -0.1) is 0 Å². The van der Waals surface area contributed by atoms with Gasteiger partial charge in [0.2, 0.25) is 10.0 Å². The number of ether oxygens (including phenoxy) is 1. The topological polar surface area (TPSA) is 70.7 Å². The molecule has 6 nitrogen and oxygen atoms in total. The van der Waals surface area contributed by atoms with E-state index in [4.69, 9.17) is 17.0 Å². The van der Waals surface area contributed by atoms with Crippen LogP contribution in [0.4, 0.5) is 11.4 Å². The van der Waals surface area contributed by atoms with E-state index in [0.717, 1.165) is 15.6 Å². The first-order valence-corrected chi connectivity index (χ1v) is 9.93. The summed E-state index contributed by atoms with van der Waals surface area (Å²) in [5, 5.41) is 6.46. The summed E-state index contributed by atoms with van der Waals surface area (Å²) >= 11 is 5.32. The number of thiocarbonyl (C=S) groups is 1. The Kier molecular flexibility index (Phi) is 6.57. The van der Waals surface area contributed by atoms with Gasteiger partial charge in [-0.2, -0.15) is 0 Å². The fourth-order valence-electron chi connectivity index (χ4n) is 2.28. The van der Waals surface area contributed by atoms with Crippen LogP contribution >= 0.6 is 12.2 Å². The van der Waals surface area contributed by atoms with Crippen LogP contribution in [-0.2, 0) is 10.0 Å². The molecule has 0 saturated heterocycles. The Hall–Kier alpha value is -2.16. The van der Waals surface area contributed by atoms with Gasteiger partial charge in [0.25, 0.3) is 0 Å². The van der Waals surface area contributed by atoms with Crippen molar-refractivity contribution in [3.8, 4) is 5.75 Å². The van der Waals surface area contributed by atoms with Crippen molar-refractivity contribution in [1.29, 1.82) is 0 Å². The first-order chi connectivity index (χ1) is 12.2. The molecule has 0 amide bonds. The van der Waals surface area contributed by atoms with Gasteiger partial charge in [0.05, 0.1) is 6.61 Å². The Labute approximate surface area is 160 Å². The molecule has 0 aliphatic rings. The number of sulfonamides is 1. The predicted octanol–water partition coefficient (Wildman–Crippen LogP) is 3.45. The minimum absolute atomic E-state index is 0.0905. The maximum Gasteiger partial charge on any atom is 0.246 e. The van der Waals surface area contributed by atoms with Crippen LogP contribution in [0.5, 0.6) is 5.75 Å². The normalized spacial score (nSPS) is 11.3. The first kappa shape index (κ1) is 20.2. The lowest BCUT2D eigenvalue weighted by Crippen LogP contribution is -2.24. The van der Waals surface area contributed by atoms with Gasteiger partial charge in [0, 0.05) is 25.5 Å². The van der Waals surface area contributed by atoms with Crippen LogP contribution in [0, 0.1) is 6.92 Å². The summed E-state index contributed by atoms with van der Waals surface area (Å²) in [7, 11) is -0.685. The zero-order chi connectivity index (χ0) is 19.3. The lowest BCUT2D eigenvalue weighted by Gasteiger charge is -2.17. The maximum atomic E-state index is 12.6. The molecule has 0 aromatic heterocycles. The average molecular weight is 394 g/mol. The highest BCUT2D eigenvalue weighted by atomic mass is 32.2. The van der Waals surface area contributed by atoms with Crippen molar-refractivity contribution in [2.45, 2.75) is 18.7 Å². The van der Waals surface area contributed by atoms with Crippen LogP contribution in [0.1, 0.15) is 12.5 Å². The molecule has 8 heteroatoms. The summed E-state index contributed by atoms with van der Waals surface area (Å²) in [4.78, 5) is 0.0905. The monoisotopic (exact) mass is 393 g/mol. The Morgan fingerprint density at radius 3 is 2.35 bits per heavy atom. The highest BCUT2D eigenvalue weighted by molar-refractivity contribution is 7.89. The lowest BCUT2D eigenvalue weighted by atomic mass is 10.2. The van der Waals surface area contributed by atoms with E-state index in [9.17, 15) is 8.42 Å². The summed E-state index contributed by atoms with van der Waals surface area (Å²) < 4.78 is 31.7. The van der Waals surface area contributed by atoms with Gasteiger partial charge in [0.15, 0.2) is 5.11 Å². The Morgan fingerprint density at radius 1 is 1.12 bits per heavy atom. The quantitative estimate of drug-likeness (QED) is 0.733. The van der Waals surface area contributed by atoms with Crippen LogP contribution < -0.4 is 15.4 Å². The van der Waals surface area contributed by atoms with Crippen molar-refractivity contribution >= 4 is 38.7 Å². The highest BCUT2D eigenvalue weighted by Crippen LogP contribution is 2.29. The predicted molar refractivity (Wildman–Crippen MR) is 110 cm³/mol. The smallest absolute Gasteiger partial charge is 0.246 e.